The molecule has 0 unspecified atom stereocenters. The first-order valence-corrected chi connectivity index (χ1v) is 31.2. The molecule has 10 N–H and O–H groups in total. The highest BCUT2D eigenvalue weighted by Crippen LogP contribution is 2.32. The van der Waals surface area contributed by atoms with Crippen LogP contribution in [0.5, 0.6) is 34.5 Å². The van der Waals surface area contributed by atoms with Gasteiger partial charge in [-0.3, -0.25) is 30.0 Å². The zero-order valence-electron chi connectivity index (χ0n) is 55.6. The standard InChI is InChI=1S/C62H96N10O24/c1-7-9-11-63-57(75)47-38-49(55(95-35-31-91-27-23-87-19-15-83-5)41-53(47)93-33-29-89-25-21-85-17-13-81-3)59(77)67-71-61(79)69-65-43-45-37-46(52(74)40-51(45)73)44-66-70-62(80)72-68-60(78)50-39-48(58(76)64-12-10-8-2)54(94-34-30-90-26-22-86-18-14-82-4)42-56(50)96-36-32-92-28-24-88-20-16-84-6/h37-44,73-74H,7-36H2,1-6H3,(H,63,75)(H,64,76)(H,67,77)(H,68,78)(H2,69,71,79)(H2,70,72,80)/b65-43+,66-44+. The lowest BCUT2D eigenvalue weighted by molar-refractivity contribution is 0.0173. The van der Waals surface area contributed by atoms with E-state index >= 15 is 0 Å². The number of amides is 8. The number of nitrogens with one attached hydrogen (secondary N) is 8. The lowest BCUT2D eigenvalue weighted by Gasteiger charge is -2.18. The van der Waals surface area contributed by atoms with Crippen molar-refractivity contribution in [3.8, 4) is 34.5 Å². The number of carbonyl (C=O) groups is 6. The van der Waals surface area contributed by atoms with E-state index in [2.05, 4.69) is 53.4 Å². The SMILES string of the molecule is CCCCNC(=O)c1cc(C(=O)NNC(=O)N/N=C/c2cc(/C=N/NC(=O)NNC(=O)c3cc(C(=O)NCCCC)c(OCCOCCOCCOC)cc3OCCOCCOCCOC)c(O)cc2O)c(OCCOCCOCCOC)cc1OCCOCCOCCOC. The molecule has 0 bridgehead atoms. The number of rotatable bonds is 54. The quantitative estimate of drug-likeness (QED) is 0.0220. The van der Waals surface area contributed by atoms with Gasteiger partial charge in [-0.1, -0.05) is 26.7 Å². The minimum Gasteiger partial charge on any atom is -0.507 e. The van der Waals surface area contributed by atoms with Crippen LogP contribution >= 0.6 is 0 Å². The highest BCUT2D eigenvalue weighted by Gasteiger charge is 2.25. The number of ether oxygens (including phenoxy) is 16. The number of hydrazone groups is 2. The first kappa shape index (κ1) is 82.0. The van der Waals surface area contributed by atoms with Crippen molar-refractivity contribution in [1.29, 1.82) is 0 Å². The van der Waals surface area contributed by atoms with Crippen molar-refractivity contribution in [2.24, 2.45) is 10.2 Å². The molecule has 0 aliphatic heterocycles. The number of carbonyl (C=O) groups excluding carboxylic acids is 6. The average molecular weight is 1370 g/mol. The molecule has 0 heterocycles. The number of nitrogens with zero attached hydrogens (tertiary/aromatic N) is 2. The predicted molar refractivity (Wildman–Crippen MR) is 347 cm³/mol. The zero-order valence-corrected chi connectivity index (χ0v) is 55.6. The Morgan fingerprint density at radius 2 is 0.625 bits per heavy atom. The van der Waals surface area contributed by atoms with Crippen LogP contribution in [0, 0.1) is 0 Å². The molecule has 3 aromatic rings. The maximum atomic E-state index is 13.8. The molecule has 8 amide bonds. The van der Waals surface area contributed by atoms with Crippen molar-refractivity contribution < 1.29 is 115 Å². The molecular weight excluding hydrogens is 1270 g/mol. The van der Waals surface area contributed by atoms with Crippen molar-refractivity contribution in [3.05, 3.63) is 69.8 Å². The van der Waals surface area contributed by atoms with Gasteiger partial charge in [-0.05, 0) is 31.0 Å². The summed E-state index contributed by atoms with van der Waals surface area (Å²) in [5, 5.41) is 34.5. The van der Waals surface area contributed by atoms with E-state index in [9.17, 15) is 39.0 Å². The highest BCUT2D eigenvalue weighted by atomic mass is 16.6. The van der Waals surface area contributed by atoms with Crippen LogP contribution in [0.4, 0.5) is 9.59 Å². The fraction of sp³-hybridized carbons (Fsp3) is 0.581. The summed E-state index contributed by atoms with van der Waals surface area (Å²) in [6.07, 6.45) is 4.95. The normalized spacial score (nSPS) is 11.1. The van der Waals surface area contributed by atoms with Gasteiger partial charge in [0.25, 0.3) is 23.6 Å². The van der Waals surface area contributed by atoms with E-state index in [1.807, 2.05) is 13.8 Å². The summed E-state index contributed by atoms with van der Waals surface area (Å²) < 4.78 is 88.0. The zero-order chi connectivity index (χ0) is 69.6. The van der Waals surface area contributed by atoms with E-state index in [-0.39, 0.29) is 136 Å². The Balaban J connectivity index is 1.73. The molecule has 3 rings (SSSR count). The van der Waals surface area contributed by atoms with Gasteiger partial charge >= 0.3 is 12.1 Å². The summed E-state index contributed by atoms with van der Waals surface area (Å²) >= 11 is 0. The molecule has 0 aliphatic rings. The summed E-state index contributed by atoms with van der Waals surface area (Å²) in [6.45, 7) is 10.6. The fourth-order valence-electron chi connectivity index (χ4n) is 7.51. The second kappa shape index (κ2) is 52.9. The number of urea groups is 2. The fourth-order valence-corrected chi connectivity index (χ4v) is 7.51. The van der Waals surface area contributed by atoms with E-state index in [0.717, 1.165) is 31.3 Å². The molecule has 0 saturated heterocycles. The third-order valence-electron chi connectivity index (χ3n) is 12.4. The van der Waals surface area contributed by atoms with Crippen LogP contribution < -0.4 is 62.1 Å². The van der Waals surface area contributed by atoms with Gasteiger partial charge in [-0.25, -0.2) is 31.3 Å². The molecule has 0 atom stereocenters. The van der Waals surface area contributed by atoms with Crippen LogP contribution in [0.3, 0.4) is 0 Å². The molecule has 0 radical (unpaired) electrons. The van der Waals surface area contributed by atoms with Crippen LogP contribution in [0.1, 0.15) is 92.1 Å². The second-order valence-corrected chi connectivity index (χ2v) is 19.7. The first-order valence-electron chi connectivity index (χ1n) is 31.2. The molecule has 3 aromatic carbocycles. The number of methoxy groups -OCH3 is 4. The van der Waals surface area contributed by atoms with E-state index in [1.165, 1.54) is 30.3 Å². The third kappa shape index (κ3) is 35.5. The van der Waals surface area contributed by atoms with Gasteiger partial charge in [0.15, 0.2) is 0 Å². The first-order chi connectivity index (χ1) is 46.8. The molecule has 0 aromatic heterocycles. The number of phenols is 2. The number of hydrogen-bond donors (Lipinski definition) is 10. The minimum absolute atomic E-state index is 0.0112. The van der Waals surface area contributed by atoms with Crippen molar-refractivity contribution in [1.82, 2.24) is 43.2 Å². The average Bonchev–Trinajstić information content (AvgIpc) is 0.838. The van der Waals surface area contributed by atoms with Crippen LogP contribution in [0.25, 0.3) is 0 Å². The number of phenolic OH excluding ortho intramolecular Hbond substituents is 2. The summed E-state index contributed by atoms with van der Waals surface area (Å²) in [7, 11) is 6.26. The largest absolute Gasteiger partial charge is 0.507 e. The molecule has 34 nitrogen and oxygen atoms in total. The van der Waals surface area contributed by atoms with Gasteiger partial charge < -0.3 is 96.6 Å². The maximum absolute atomic E-state index is 13.8. The second-order valence-electron chi connectivity index (χ2n) is 19.7. The van der Waals surface area contributed by atoms with Crippen LogP contribution in [-0.4, -0.2) is 258 Å². The highest BCUT2D eigenvalue weighted by molar-refractivity contribution is 6.05. The van der Waals surface area contributed by atoms with Gasteiger partial charge in [-0.2, -0.15) is 10.2 Å². The van der Waals surface area contributed by atoms with Crippen LogP contribution in [0.2, 0.25) is 0 Å². The minimum atomic E-state index is -1.06. The topological polar surface area (TPSA) is 412 Å². The Bertz CT molecular complexity index is 2610. The summed E-state index contributed by atoms with van der Waals surface area (Å²) in [4.78, 5) is 80.7. The molecular formula is C62H96N10O24. The third-order valence-corrected chi connectivity index (χ3v) is 12.4. The van der Waals surface area contributed by atoms with Crippen molar-refractivity contribution in [2.75, 3.05) is 200 Å². The predicted octanol–water partition coefficient (Wildman–Crippen LogP) is 2.35. The van der Waals surface area contributed by atoms with Gasteiger partial charge in [0.1, 0.15) is 60.9 Å². The number of hydrogen-bond acceptors (Lipinski definition) is 26. The van der Waals surface area contributed by atoms with Gasteiger partial charge in [0, 0.05) is 70.9 Å². The molecule has 0 saturated carbocycles. The summed E-state index contributed by atoms with van der Waals surface area (Å²) in [6, 6.07) is 5.27. The van der Waals surface area contributed by atoms with E-state index in [4.69, 9.17) is 75.8 Å². The van der Waals surface area contributed by atoms with E-state index in [0.29, 0.717) is 105 Å². The molecule has 0 fully saturated rings. The smallest absolute Gasteiger partial charge is 0.353 e. The Morgan fingerprint density at radius 3 is 0.906 bits per heavy atom. The van der Waals surface area contributed by atoms with Crippen LogP contribution in [-0.2, 0) is 56.8 Å². The molecule has 0 spiro atoms. The van der Waals surface area contributed by atoms with Gasteiger partial charge in [0.05, 0.1) is 167 Å². The van der Waals surface area contributed by atoms with Crippen molar-refractivity contribution in [2.45, 2.75) is 39.5 Å². The Kier molecular flexibility index (Phi) is 45.2. The maximum Gasteiger partial charge on any atom is 0.353 e. The lowest BCUT2D eigenvalue weighted by atomic mass is 10.1. The summed E-state index contributed by atoms with van der Waals surface area (Å²) in [5.41, 5.74) is 12.6. The Morgan fingerprint density at radius 1 is 0.354 bits per heavy atom. The number of unbranched alkanes of at least 4 members (excludes halogenated alkanes) is 2. The Labute approximate surface area is 558 Å². The molecule has 96 heavy (non-hydrogen) atoms. The molecule has 538 valence electrons. The number of hydrazine groups is 2. The van der Waals surface area contributed by atoms with E-state index in [1.54, 1.807) is 28.4 Å². The molecule has 0 aliphatic carbocycles. The number of benzene rings is 3. The lowest BCUT2D eigenvalue weighted by Crippen LogP contribution is -2.45. The number of aromatic hydroxyl groups is 2. The van der Waals surface area contributed by atoms with Crippen LogP contribution in [0.15, 0.2) is 46.6 Å². The van der Waals surface area contributed by atoms with Crippen molar-refractivity contribution in [3.63, 3.8) is 0 Å². The Hall–Kier alpha value is -8.26. The van der Waals surface area contributed by atoms with Gasteiger partial charge in [0.2, 0.25) is 0 Å². The van der Waals surface area contributed by atoms with E-state index < -0.39 is 47.2 Å². The van der Waals surface area contributed by atoms with Crippen molar-refractivity contribution >= 4 is 48.1 Å². The van der Waals surface area contributed by atoms with Gasteiger partial charge in [-0.15, -0.1) is 0 Å². The monoisotopic (exact) mass is 1360 g/mol. The summed E-state index contributed by atoms with van der Waals surface area (Å²) in [5.74, 6) is -3.79. The molecule has 34 heteroatoms.